The number of hydrogen-bond donors (Lipinski definition) is 0. The monoisotopic (exact) mass is 780 g/mol. The molecule has 156 valence electrons. The van der Waals surface area contributed by atoms with E-state index >= 15 is 0 Å². The molecule has 0 radical (unpaired) electrons. The molecule has 0 heterocycles. The van der Waals surface area contributed by atoms with Crippen molar-refractivity contribution in [1.29, 1.82) is 0 Å². The predicted octanol–water partition coefficient (Wildman–Crippen LogP) is 8.21. The molecular weight excluding hydrogens is 772 g/mol. The fourth-order valence-corrected chi connectivity index (χ4v) is 7.03. The van der Waals surface area contributed by atoms with Crippen LogP contribution in [0.15, 0.2) is 63.3 Å². The molecule has 0 spiro atoms. The van der Waals surface area contributed by atoms with Crippen LogP contribution in [0.1, 0.15) is 6.92 Å². The normalized spacial score (nSPS) is 10.8. The largest absolute Gasteiger partial charge is 0.487 e. The molecule has 10 heteroatoms. The maximum Gasteiger partial charge on any atom is 0.333 e. The third-order valence-electron chi connectivity index (χ3n) is 3.38. The van der Waals surface area contributed by atoms with Crippen LogP contribution in [0.5, 0.6) is 11.5 Å². The Hall–Kier alpha value is 0.130. The molecule has 0 aliphatic heterocycles. The first-order valence-corrected chi connectivity index (χ1v) is 12.8. The zero-order valence-electron chi connectivity index (χ0n) is 14.9. The number of benzene rings is 2. The molecule has 2 aromatic carbocycles. The maximum absolute atomic E-state index is 12.1. The topological polar surface area (TPSA) is 44.8 Å². The molecule has 2 aromatic rings. The molecule has 0 saturated carbocycles. The number of esters is 1. The molecule has 0 N–H and O–H groups in total. The van der Waals surface area contributed by atoms with E-state index in [4.69, 9.17) is 14.2 Å². The predicted molar refractivity (Wildman–Crippen MR) is 135 cm³/mol. The van der Waals surface area contributed by atoms with E-state index in [1.165, 1.54) is 0 Å². The average Bonchev–Trinajstić information content (AvgIpc) is 2.59. The highest BCUT2D eigenvalue weighted by atomic mass is 79.9. The van der Waals surface area contributed by atoms with Crippen molar-refractivity contribution in [1.82, 2.24) is 0 Å². The fourth-order valence-electron chi connectivity index (χ4n) is 2.05. The number of ether oxygens (including phenoxy) is 3. The Bertz CT molecular complexity index is 823. The third kappa shape index (κ3) is 7.64. The highest BCUT2D eigenvalue weighted by Crippen LogP contribution is 2.38. The molecule has 0 amide bonds. The maximum atomic E-state index is 12.1. The van der Waals surface area contributed by atoms with Crippen LogP contribution in [0.3, 0.4) is 0 Å². The van der Waals surface area contributed by atoms with Gasteiger partial charge in [-0.05, 0) is 94.9 Å². The van der Waals surface area contributed by atoms with Gasteiger partial charge in [-0.2, -0.15) is 0 Å². The van der Waals surface area contributed by atoms with Crippen LogP contribution in [0, 0.1) is 0 Å². The summed E-state index contributed by atoms with van der Waals surface area (Å²) in [6, 6.07) is 7.45. The van der Waals surface area contributed by atoms with Gasteiger partial charge in [0.05, 0.1) is 17.9 Å². The van der Waals surface area contributed by atoms with Gasteiger partial charge < -0.3 is 14.2 Å². The summed E-state index contributed by atoms with van der Waals surface area (Å²) in [6.45, 7) is 5.39. The van der Waals surface area contributed by atoms with Gasteiger partial charge in [0.15, 0.2) is 6.10 Å². The minimum Gasteiger partial charge on any atom is -0.487 e. The van der Waals surface area contributed by atoms with Crippen LogP contribution in [0.2, 0.25) is 0 Å². The van der Waals surface area contributed by atoms with Crippen LogP contribution in [0.25, 0.3) is 0 Å². The lowest BCUT2D eigenvalue weighted by Crippen LogP contribution is -2.31. The lowest BCUT2D eigenvalue weighted by atomic mass is 10.3. The molecule has 4 nitrogen and oxygen atoms in total. The summed E-state index contributed by atoms with van der Waals surface area (Å²) in [5.74, 6) is 0.677. The van der Waals surface area contributed by atoms with Crippen LogP contribution < -0.4 is 9.47 Å². The molecule has 0 unspecified atom stereocenters. The van der Waals surface area contributed by atoms with Crippen molar-refractivity contribution < 1.29 is 19.0 Å². The molecule has 0 fully saturated rings. The molecule has 29 heavy (non-hydrogen) atoms. The lowest BCUT2D eigenvalue weighted by molar-refractivity contribution is -0.147. The van der Waals surface area contributed by atoms with Crippen molar-refractivity contribution >= 4 is 102 Å². The first-order chi connectivity index (χ1) is 13.6. The average molecular weight is 786 g/mol. The van der Waals surface area contributed by atoms with E-state index in [1.807, 2.05) is 24.3 Å². The quantitative estimate of drug-likeness (QED) is 0.200. The molecule has 2 rings (SSSR count). The van der Waals surface area contributed by atoms with Crippen LogP contribution in [-0.2, 0) is 9.53 Å². The van der Waals surface area contributed by atoms with E-state index in [2.05, 4.69) is 102 Å². The Morgan fingerprint density at radius 2 is 1.17 bits per heavy atom. The minimum absolute atomic E-state index is 0.0869. The molecular formula is C19H14Br6O4. The molecule has 0 aromatic heterocycles. The first kappa shape index (κ1) is 25.4. The third-order valence-corrected chi connectivity index (χ3v) is 6.65. The molecule has 0 aliphatic rings. The van der Waals surface area contributed by atoms with E-state index in [0.29, 0.717) is 17.1 Å². The summed E-state index contributed by atoms with van der Waals surface area (Å²) in [5.41, 5.74) is 0.298. The van der Waals surface area contributed by atoms with Crippen molar-refractivity contribution in [3.8, 4) is 11.5 Å². The van der Waals surface area contributed by atoms with Gasteiger partial charge in [0.2, 0.25) is 0 Å². The van der Waals surface area contributed by atoms with Gasteiger partial charge in [0.25, 0.3) is 0 Å². The highest BCUT2D eigenvalue weighted by molar-refractivity contribution is 9.12. The van der Waals surface area contributed by atoms with Crippen molar-refractivity contribution in [2.45, 2.75) is 13.0 Å². The van der Waals surface area contributed by atoms with Gasteiger partial charge in [0, 0.05) is 14.5 Å². The summed E-state index contributed by atoms with van der Waals surface area (Å²) in [4.78, 5) is 12.1. The van der Waals surface area contributed by atoms with Gasteiger partial charge in [-0.1, -0.05) is 38.4 Å². The molecule has 0 atom stereocenters. The number of carbonyl (C=O) groups is 1. The van der Waals surface area contributed by atoms with E-state index < -0.39 is 12.1 Å². The van der Waals surface area contributed by atoms with Crippen molar-refractivity contribution in [3.05, 3.63) is 63.3 Å². The molecule has 0 aliphatic carbocycles. The number of carbonyl (C=O) groups excluding carboxylic acids is 1. The van der Waals surface area contributed by atoms with Gasteiger partial charge in [0.1, 0.15) is 24.7 Å². The second-order valence-corrected chi connectivity index (χ2v) is 11.1. The Morgan fingerprint density at radius 1 is 0.828 bits per heavy atom. The van der Waals surface area contributed by atoms with E-state index in [0.717, 1.165) is 26.8 Å². The number of hydrogen-bond acceptors (Lipinski definition) is 4. The standard InChI is InChI=1S/C19H14Br6O4/c1-9(2)19(26)29-12(7-27-17-13(22)3-10(20)4-14(17)23)8-28-18-15(24)5-11(21)6-16(18)25/h3-6,12H,1,7-8H2,2H3. The van der Waals surface area contributed by atoms with Gasteiger partial charge in [-0.25, -0.2) is 4.79 Å². The van der Waals surface area contributed by atoms with Crippen LogP contribution >= 0.6 is 95.6 Å². The fraction of sp³-hybridized carbons (Fsp3) is 0.211. The summed E-state index contributed by atoms with van der Waals surface area (Å²) < 4.78 is 22.1. The van der Waals surface area contributed by atoms with Crippen molar-refractivity contribution in [2.24, 2.45) is 0 Å². The summed E-state index contributed by atoms with van der Waals surface area (Å²) in [7, 11) is 0. The lowest BCUT2D eigenvalue weighted by Gasteiger charge is -2.21. The summed E-state index contributed by atoms with van der Waals surface area (Å²) in [5, 5.41) is 0. The van der Waals surface area contributed by atoms with Gasteiger partial charge in [-0.15, -0.1) is 0 Å². The number of rotatable bonds is 8. The highest BCUT2D eigenvalue weighted by Gasteiger charge is 2.20. The number of halogens is 6. The Kier molecular flexibility index (Phi) is 10.2. The molecule has 0 saturated heterocycles. The van der Waals surface area contributed by atoms with Crippen molar-refractivity contribution in [3.63, 3.8) is 0 Å². The van der Waals surface area contributed by atoms with Crippen LogP contribution in [0.4, 0.5) is 0 Å². The summed E-state index contributed by atoms with van der Waals surface area (Å²) in [6.07, 6.45) is -0.663. The van der Waals surface area contributed by atoms with Crippen molar-refractivity contribution in [2.75, 3.05) is 13.2 Å². The van der Waals surface area contributed by atoms with E-state index in [9.17, 15) is 4.79 Å². The minimum atomic E-state index is -0.663. The molecule has 0 bridgehead atoms. The Morgan fingerprint density at radius 3 is 1.48 bits per heavy atom. The Labute approximate surface area is 219 Å². The smallest absolute Gasteiger partial charge is 0.333 e. The first-order valence-electron chi connectivity index (χ1n) is 7.99. The second kappa shape index (κ2) is 11.7. The SMILES string of the molecule is C=C(C)C(=O)OC(COc1c(Br)cc(Br)cc1Br)COc1c(Br)cc(Br)cc1Br. The van der Waals surface area contributed by atoms with Gasteiger partial charge >= 0.3 is 5.97 Å². The zero-order valence-corrected chi connectivity index (χ0v) is 24.4. The zero-order chi connectivity index (χ0) is 21.7. The van der Waals surface area contributed by atoms with Crippen LogP contribution in [-0.4, -0.2) is 25.3 Å². The second-order valence-electron chi connectivity index (χ2n) is 5.83. The van der Waals surface area contributed by atoms with Gasteiger partial charge in [-0.3, -0.25) is 0 Å². The summed E-state index contributed by atoms with van der Waals surface area (Å²) >= 11 is 20.7. The Balaban J connectivity index is 2.15. The van der Waals surface area contributed by atoms with E-state index in [-0.39, 0.29) is 13.2 Å². The van der Waals surface area contributed by atoms with E-state index in [1.54, 1.807) is 6.92 Å².